The number of aromatic nitrogens is 4. The largest absolute Gasteiger partial charge is 0.497 e. The number of methoxy groups -OCH3 is 4. The fraction of sp³-hybridized carbons (Fsp3) is 0.0870. The summed E-state index contributed by atoms with van der Waals surface area (Å²) >= 11 is 0. The van der Waals surface area contributed by atoms with Crippen molar-refractivity contribution in [3.05, 3.63) is 146 Å². The molecule has 0 amide bonds. The first-order chi connectivity index (χ1) is 26.6. The van der Waals surface area contributed by atoms with Gasteiger partial charge in [0.05, 0.1) is 51.2 Å². The summed E-state index contributed by atoms with van der Waals surface area (Å²) in [5.41, 5.74) is 11.3. The monoisotopic (exact) mass is 710 g/mol. The SMILES string of the molecule is COc1ccc(-c2nc(-c3ccccc3-c3ccccc3-c3nc(-c4ccc(OC)cc4)c(-c4ccc(OC)cc4)[nH]3)[nH]c2-c2ccc(OC)cc2)cc1. The molecule has 0 aliphatic heterocycles. The van der Waals surface area contributed by atoms with Crippen molar-refractivity contribution in [2.24, 2.45) is 0 Å². The molecule has 6 aromatic carbocycles. The van der Waals surface area contributed by atoms with Crippen LogP contribution in [0.15, 0.2) is 146 Å². The van der Waals surface area contributed by atoms with Gasteiger partial charge in [-0.2, -0.15) is 0 Å². The topological polar surface area (TPSA) is 94.3 Å². The third kappa shape index (κ3) is 6.57. The number of imidazole rings is 2. The van der Waals surface area contributed by atoms with Gasteiger partial charge in [0.2, 0.25) is 0 Å². The number of nitrogens with one attached hydrogen (secondary N) is 2. The number of H-pyrrole nitrogens is 2. The summed E-state index contributed by atoms with van der Waals surface area (Å²) in [6.45, 7) is 0. The van der Waals surface area contributed by atoms with E-state index in [9.17, 15) is 0 Å². The van der Waals surface area contributed by atoms with Gasteiger partial charge < -0.3 is 28.9 Å². The van der Waals surface area contributed by atoms with Crippen molar-refractivity contribution < 1.29 is 18.9 Å². The second kappa shape index (κ2) is 14.9. The number of hydrogen-bond donors (Lipinski definition) is 2. The van der Waals surface area contributed by atoms with Gasteiger partial charge in [-0.1, -0.05) is 48.5 Å². The van der Waals surface area contributed by atoms with Crippen molar-refractivity contribution in [1.29, 1.82) is 0 Å². The van der Waals surface area contributed by atoms with E-state index >= 15 is 0 Å². The average Bonchev–Trinajstić information content (AvgIpc) is 3.90. The summed E-state index contributed by atoms with van der Waals surface area (Å²) in [6.07, 6.45) is 0. The lowest BCUT2D eigenvalue weighted by Crippen LogP contribution is -1.91. The van der Waals surface area contributed by atoms with E-state index in [0.29, 0.717) is 0 Å². The zero-order chi connectivity index (χ0) is 37.0. The van der Waals surface area contributed by atoms with Gasteiger partial charge in [-0.3, -0.25) is 0 Å². The molecule has 54 heavy (non-hydrogen) atoms. The van der Waals surface area contributed by atoms with Crippen LogP contribution in [-0.2, 0) is 0 Å². The summed E-state index contributed by atoms with van der Waals surface area (Å²) in [4.78, 5) is 17.9. The Morgan fingerprint density at radius 3 is 0.907 bits per heavy atom. The van der Waals surface area contributed by atoms with Crippen LogP contribution >= 0.6 is 0 Å². The second-order valence-electron chi connectivity index (χ2n) is 12.6. The highest BCUT2D eigenvalue weighted by Gasteiger charge is 2.22. The Morgan fingerprint density at radius 1 is 0.333 bits per heavy atom. The van der Waals surface area contributed by atoms with E-state index in [1.807, 2.05) is 109 Å². The summed E-state index contributed by atoms with van der Waals surface area (Å²) in [5, 5.41) is 0. The number of benzene rings is 6. The van der Waals surface area contributed by atoms with Crippen molar-refractivity contribution in [3.63, 3.8) is 0 Å². The molecule has 2 heterocycles. The third-order valence-electron chi connectivity index (χ3n) is 9.55. The molecule has 0 unspecified atom stereocenters. The quantitative estimate of drug-likeness (QED) is 0.139. The van der Waals surface area contributed by atoms with Gasteiger partial charge >= 0.3 is 0 Å². The standard InChI is InChI=1S/C46H38N4O4/c1-51-33-21-13-29(14-22-33)41-42(30-15-23-34(52-2)24-16-30)48-45(47-41)39-11-7-5-9-37(39)38-10-6-8-12-40(38)46-49-43(31-17-25-35(53-3)26-18-31)44(50-46)32-19-27-36(54-4)28-20-32/h5-28H,1-4H3,(H,47,48)(H,49,50). The maximum atomic E-state index is 5.45. The van der Waals surface area contributed by atoms with E-state index < -0.39 is 0 Å². The predicted molar refractivity (Wildman–Crippen MR) is 215 cm³/mol. The minimum absolute atomic E-state index is 0.745. The maximum absolute atomic E-state index is 5.45. The van der Waals surface area contributed by atoms with Crippen LogP contribution in [0, 0.1) is 0 Å². The maximum Gasteiger partial charge on any atom is 0.139 e. The van der Waals surface area contributed by atoms with Crippen LogP contribution in [0.3, 0.4) is 0 Å². The zero-order valence-corrected chi connectivity index (χ0v) is 30.4. The molecular formula is C46H38N4O4. The van der Waals surface area contributed by atoms with E-state index in [2.05, 4.69) is 46.4 Å². The molecule has 0 saturated heterocycles. The summed E-state index contributed by atoms with van der Waals surface area (Å²) in [6, 6.07) is 48.6. The molecule has 0 fully saturated rings. The molecule has 8 heteroatoms. The average molecular weight is 711 g/mol. The van der Waals surface area contributed by atoms with Crippen LogP contribution in [0.1, 0.15) is 0 Å². The molecule has 0 bridgehead atoms. The van der Waals surface area contributed by atoms with Crippen molar-refractivity contribution in [2.75, 3.05) is 28.4 Å². The Balaban J connectivity index is 1.27. The van der Waals surface area contributed by atoms with Crippen LogP contribution in [0.25, 0.3) is 78.9 Å². The van der Waals surface area contributed by atoms with Gasteiger partial charge in [-0.05, 0) is 108 Å². The van der Waals surface area contributed by atoms with Crippen LogP contribution in [-0.4, -0.2) is 48.4 Å². The van der Waals surface area contributed by atoms with Crippen molar-refractivity contribution in [2.45, 2.75) is 0 Å². The van der Waals surface area contributed by atoms with Gasteiger partial charge in [0.25, 0.3) is 0 Å². The van der Waals surface area contributed by atoms with Crippen molar-refractivity contribution in [1.82, 2.24) is 19.9 Å². The minimum Gasteiger partial charge on any atom is -0.497 e. The first-order valence-electron chi connectivity index (χ1n) is 17.5. The Bertz CT molecular complexity index is 2210. The van der Waals surface area contributed by atoms with E-state index in [1.165, 1.54) is 0 Å². The number of hydrogen-bond acceptors (Lipinski definition) is 6. The Morgan fingerprint density at radius 2 is 0.611 bits per heavy atom. The van der Waals surface area contributed by atoms with E-state index in [-0.39, 0.29) is 0 Å². The Labute approximate surface area is 314 Å². The highest BCUT2D eigenvalue weighted by Crippen LogP contribution is 2.42. The zero-order valence-electron chi connectivity index (χ0n) is 30.4. The molecule has 2 aromatic heterocycles. The second-order valence-corrected chi connectivity index (χ2v) is 12.6. The van der Waals surface area contributed by atoms with E-state index in [0.717, 1.165) is 102 Å². The summed E-state index contributed by atoms with van der Waals surface area (Å²) in [5.74, 6) is 4.63. The molecule has 8 aromatic rings. The fourth-order valence-corrected chi connectivity index (χ4v) is 6.70. The lowest BCUT2D eigenvalue weighted by molar-refractivity contribution is 0.414. The molecule has 0 radical (unpaired) electrons. The Hall–Kier alpha value is -7.06. The van der Waals surface area contributed by atoms with Crippen LogP contribution in [0.2, 0.25) is 0 Å². The molecule has 0 spiro atoms. The van der Waals surface area contributed by atoms with Crippen LogP contribution in [0.4, 0.5) is 0 Å². The van der Waals surface area contributed by atoms with E-state index in [1.54, 1.807) is 28.4 Å². The predicted octanol–water partition coefficient (Wildman–Crippen LogP) is 10.8. The molecule has 0 saturated carbocycles. The number of nitrogens with zero attached hydrogens (tertiary/aromatic N) is 2. The lowest BCUT2D eigenvalue weighted by atomic mass is 9.94. The van der Waals surface area contributed by atoms with Gasteiger partial charge in [0.1, 0.15) is 34.6 Å². The van der Waals surface area contributed by atoms with Gasteiger partial charge in [0.15, 0.2) is 0 Å². The number of rotatable bonds is 11. The molecule has 0 aliphatic rings. The third-order valence-corrected chi connectivity index (χ3v) is 9.55. The molecule has 8 nitrogen and oxygen atoms in total. The smallest absolute Gasteiger partial charge is 0.139 e. The lowest BCUT2D eigenvalue weighted by Gasteiger charge is -2.12. The Kier molecular flexibility index (Phi) is 9.39. The first kappa shape index (κ1) is 34.0. The normalized spacial score (nSPS) is 11.0. The summed E-state index contributed by atoms with van der Waals surface area (Å²) < 4.78 is 21.8. The van der Waals surface area contributed by atoms with E-state index in [4.69, 9.17) is 28.9 Å². The molecule has 0 aliphatic carbocycles. The highest BCUT2D eigenvalue weighted by molar-refractivity contribution is 5.92. The highest BCUT2D eigenvalue weighted by atomic mass is 16.5. The number of aromatic amines is 2. The van der Waals surface area contributed by atoms with Crippen LogP contribution < -0.4 is 18.9 Å². The molecule has 266 valence electrons. The molecular weight excluding hydrogens is 673 g/mol. The minimum atomic E-state index is 0.745. The number of ether oxygens (including phenoxy) is 4. The van der Waals surface area contributed by atoms with Gasteiger partial charge in [-0.25, -0.2) is 9.97 Å². The first-order valence-corrected chi connectivity index (χ1v) is 17.5. The van der Waals surface area contributed by atoms with Crippen molar-refractivity contribution in [3.8, 4) is 102 Å². The molecule has 2 N–H and O–H groups in total. The van der Waals surface area contributed by atoms with Gasteiger partial charge in [0, 0.05) is 33.4 Å². The van der Waals surface area contributed by atoms with Crippen LogP contribution in [0.5, 0.6) is 23.0 Å². The molecule has 0 atom stereocenters. The van der Waals surface area contributed by atoms with Crippen molar-refractivity contribution >= 4 is 0 Å². The fourth-order valence-electron chi connectivity index (χ4n) is 6.70. The molecule has 8 rings (SSSR count). The van der Waals surface area contributed by atoms with Gasteiger partial charge in [-0.15, -0.1) is 0 Å². The summed E-state index contributed by atoms with van der Waals surface area (Å²) in [7, 11) is 6.68.